The van der Waals surface area contributed by atoms with Crippen LogP contribution in [-0.4, -0.2) is 44.8 Å². The number of anilines is 1. The highest BCUT2D eigenvalue weighted by Crippen LogP contribution is 2.22. The van der Waals surface area contributed by atoms with Crippen molar-refractivity contribution in [2.45, 2.75) is 54.0 Å². The second-order valence-corrected chi connectivity index (χ2v) is 8.46. The van der Waals surface area contributed by atoms with Gasteiger partial charge in [0, 0.05) is 31.9 Å². The van der Waals surface area contributed by atoms with Crippen LogP contribution < -0.4 is 5.01 Å². The van der Waals surface area contributed by atoms with E-state index in [0.717, 1.165) is 35.1 Å². The Morgan fingerprint density at radius 1 is 1.03 bits per heavy atom. The highest BCUT2D eigenvalue weighted by molar-refractivity contribution is 5.73. The monoisotopic (exact) mass is 489 g/mol. The Morgan fingerprint density at radius 2 is 1.69 bits per heavy atom. The quantitative estimate of drug-likeness (QED) is 0.201. The number of hydrazone groups is 1. The molecule has 0 amide bonds. The second kappa shape index (κ2) is 18.9. The fraction of sp³-hybridized carbons (Fsp3) is 0.387. The summed E-state index contributed by atoms with van der Waals surface area (Å²) < 4.78 is 0. The zero-order valence-corrected chi connectivity index (χ0v) is 24.0. The average molecular weight is 490 g/mol. The van der Waals surface area contributed by atoms with E-state index in [1.54, 1.807) is 24.3 Å². The van der Waals surface area contributed by atoms with E-state index >= 15 is 0 Å². The van der Waals surface area contributed by atoms with Crippen molar-refractivity contribution >= 4 is 23.7 Å². The van der Waals surface area contributed by atoms with Gasteiger partial charge in [0.05, 0.1) is 11.4 Å². The van der Waals surface area contributed by atoms with Crippen molar-refractivity contribution in [1.82, 2.24) is 4.90 Å². The van der Waals surface area contributed by atoms with Gasteiger partial charge in [0.1, 0.15) is 0 Å². The summed E-state index contributed by atoms with van der Waals surface area (Å²) in [6, 6.07) is 15.2. The predicted octanol–water partition coefficient (Wildman–Crippen LogP) is 8.42. The number of hydrogen-bond acceptors (Lipinski definition) is 5. The van der Waals surface area contributed by atoms with Crippen molar-refractivity contribution in [2.75, 3.05) is 32.7 Å². The summed E-state index contributed by atoms with van der Waals surface area (Å²) in [5, 5.41) is 13.8. The molecule has 0 aliphatic carbocycles. The van der Waals surface area contributed by atoms with Gasteiger partial charge in [0.25, 0.3) is 0 Å². The Morgan fingerprint density at radius 3 is 2.17 bits per heavy atom. The van der Waals surface area contributed by atoms with Gasteiger partial charge in [0.15, 0.2) is 0 Å². The molecule has 0 bridgehead atoms. The van der Waals surface area contributed by atoms with Crippen molar-refractivity contribution in [2.24, 2.45) is 15.3 Å². The molecule has 0 aliphatic heterocycles. The fourth-order valence-electron chi connectivity index (χ4n) is 3.16. The Hall–Kier alpha value is -3.31. The van der Waals surface area contributed by atoms with Gasteiger partial charge in [-0.25, -0.2) is 0 Å². The first-order chi connectivity index (χ1) is 17.2. The maximum Gasteiger partial charge on any atom is 0.0882 e. The first-order valence-electron chi connectivity index (χ1n) is 12.5. The zero-order valence-electron chi connectivity index (χ0n) is 24.0. The molecule has 0 aromatic heterocycles. The maximum absolute atomic E-state index is 4.19. The van der Waals surface area contributed by atoms with E-state index in [4.69, 9.17) is 0 Å². The molecule has 0 heterocycles. The van der Waals surface area contributed by atoms with Gasteiger partial charge in [-0.05, 0) is 77.5 Å². The standard InChI is InChI=1S/C13H16N2.C11H14N2.C7H17N/c1-5-9-14-15(4)13-8-7-11(3)10-12(13)6-2;1-4-11(13-12-3)10-7-5-6-9(2)8-10;1-5-7(3)8(4)6-2/h5-10H,1-2H2,3-4H3;4-8H,1-3H3;7H,5-6H2,1-4H3/b14-9-;11-4-,13-12?;. The van der Waals surface area contributed by atoms with E-state index in [9.17, 15) is 0 Å². The van der Waals surface area contributed by atoms with E-state index in [1.165, 1.54) is 17.5 Å². The smallest absolute Gasteiger partial charge is 0.0882 e. The van der Waals surface area contributed by atoms with Gasteiger partial charge >= 0.3 is 0 Å². The number of rotatable bonds is 9. The van der Waals surface area contributed by atoms with Crippen LogP contribution in [0.25, 0.3) is 11.8 Å². The molecule has 0 aliphatic rings. The van der Waals surface area contributed by atoms with Gasteiger partial charge in [-0.3, -0.25) is 5.01 Å². The lowest BCUT2D eigenvalue weighted by Crippen LogP contribution is -2.27. The number of nitrogens with zero attached hydrogens (tertiary/aromatic N) is 5. The fourth-order valence-corrected chi connectivity index (χ4v) is 3.16. The Labute approximate surface area is 220 Å². The molecule has 1 unspecified atom stereocenters. The molecular weight excluding hydrogens is 442 g/mol. The molecular formula is C31H47N5. The Balaban J connectivity index is 0.000000535. The third-order valence-corrected chi connectivity index (χ3v) is 5.73. The minimum atomic E-state index is 0.750. The number of azo groups is 1. The van der Waals surface area contributed by atoms with Crippen LogP contribution in [0.2, 0.25) is 0 Å². The van der Waals surface area contributed by atoms with Crippen LogP contribution >= 0.6 is 0 Å². The number of aryl methyl sites for hydroxylation is 2. The average Bonchev–Trinajstić information content (AvgIpc) is 2.89. The minimum absolute atomic E-state index is 0.750. The normalized spacial score (nSPS) is 12.0. The second-order valence-electron chi connectivity index (χ2n) is 8.46. The minimum Gasteiger partial charge on any atom is -0.304 e. The van der Waals surface area contributed by atoms with Crippen molar-refractivity contribution in [3.05, 3.63) is 90.0 Å². The van der Waals surface area contributed by atoms with E-state index in [-0.39, 0.29) is 0 Å². The molecule has 0 N–H and O–H groups in total. The first-order valence-corrected chi connectivity index (χ1v) is 12.5. The summed E-state index contributed by atoms with van der Waals surface area (Å²) in [7, 11) is 5.74. The van der Waals surface area contributed by atoms with Gasteiger partial charge < -0.3 is 4.90 Å². The predicted molar refractivity (Wildman–Crippen MR) is 162 cm³/mol. The van der Waals surface area contributed by atoms with Crippen LogP contribution in [0.4, 0.5) is 5.69 Å². The summed E-state index contributed by atoms with van der Waals surface area (Å²) >= 11 is 0. The van der Waals surface area contributed by atoms with Crippen molar-refractivity contribution in [3.8, 4) is 0 Å². The lowest BCUT2D eigenvalue weighted by molar-refractivity contribution is 0.265. The summed E-state index contributed by atoms with van der Waals surface area (Å²) in [4.78, 5) is 2.35. The highest BCUT2D eigenvalue weighted by Gasteiger charge is 2.03. The van der Waals surface area contributed by atoms with E-state index < -0.39 is 0 Å². The Bertz CT molecular complexity index is 996. The molecule has 36 heavy (non-hydrogen) atoms. The molecule has 2 aromatic rings. The zero-order chi connectivity index (χ0) is 27.5. The van der Waals surface area contributed by atoms with Gasteiger partial charge in [-0.15, -0.1) is 0 Å². The summed E-state index contributed by atoms with van der Waals surface area (Å²) in [5.41, 5.74) is 6.62. The molecule has 0 saturated carbocycles. The van der Waals surface area contributed by atoms with Crippen LogP contribution in [-0.2, 0) is 0 Å². The third-order valence-electron chi connectivity index (χ3n) is 5.73. The summed E-state index contributed by atoms with van der Waals surface area (Å²) in [6.07, 6.45) is 8.36. The molecule has 0 radical (unpaired) electrons. The number of allylic oxidation sites excluding steroid dienone is 2. The van der Waals surface area contributed by atoms with Crippen LogP contribution in [0.5, 0.6) is 0 Å². The molecule has 0 fully saturated rings. The Kier molecular flexibility index (Phi) is 17.2. The van der Waals surface area contributed by atoms with Gasteiger partial charge in [0.2, 0.25) is 0 Å². The van der Waals surface area contributed by atoms with Crippen LogP contribution in [0.3, 0.4) is 0 Å². The molecule has 5 nitrogen and oxygen atoms in total. The largest absolute Gasteiger partial charge is 0.304 e. The van der Waals surface area contributed by atoms with Crippen LogP contribution in [0.15, 0.2) is 83.1 Å². The van der Waals surface area contributed by atoms with Crippen LogP contribution in [0, 0.1) is 13.8 Å². The molecule has 196 valence electrons. The highest BCUT2D eigenvalue weighted by atomic mass is 15.4. The molecule has 1 atom stereocenters. The maximum atomic E-state index is 4.19. The van der Waals surface area contributed by atoms with Crippen molar-refractivity contribution in [1.29, 1.82) is 0 Å². The topological polar surface area (TPSA) is 43.6 Å². The van der Waals surface area contributed by atoms with E-state index in [2.05, 4.69) is 99.3 Å². The summed E-state index contributed by atoms with van der Waals surface area (Å²) in [5.74, 6) is 0. The first kappa shape index (κ1) is 32.7. The van der Waals surface area contributed by atoms with Gasteiger partial charge in [-0.1, -0.05) is 74.5 Å². The third kappa shape index (κ3) is 12.4. The van der Waals surface area contributed by atoms with Crippen molar-refractivity contribution in [3.63, 3.8) is 0 Å². The van der Waals surface area contributed by atoms with E-state index in [1.807, 2.05) is 44.3 Å². The molecule has 5 heteroatoms. The number of hydrogen-bond donors (Lipinski definition) is 0. The lowest BCUT2D eigenvalue weighted by atomic mass is 10.1. The SMILES string of the molecule is C/C=C(\N=NC)c1cccc(C)c1.C=C/C=N\N(C)c1ccc(C)cc1C=C.CCC(C)N(C)CC. The van der Waals surface area contributed by atoms with Gasteiger partial charge in [-0.2, -0.15) is 15.3 Å². The molecule has 0 spiro atoms. The summed E-state index contributed by atoms with van der Waals surface area (Å²) in [6.45, 7) is 21.3. The van der Waals surface area contributed by atoms with E-state index in [0.29, 0.717) is 0 Å². The number of benzene rings is 2. The molecule has 2 aromatic carbocycles. The molecule has 2 rings (SSSR count). The molecule has 0 saturated heterocycles. The van der Waals surface area contributed by atoms with Crippen LogP contribution in [0.1, 0.15) is 56.4 Å². The van der Waals surface area contributed by atoms with Crippen molar-refractivity contribution < 1.29 is 0 Å². The lowest BCUT2D eigenvalue weighted by Gasteiger charge is -2.20.